The van der Waals surface area contributed by atoms with Crippen molar-refractivity contribution in [2.45, 2.75) is 36.9 Å². The predicted octanol–water partition coefficient (Wildman–Crippen LogP) is 1.24. The maximum Gasteiger partial charge on any atom is 0.345 e. The van der Waals surface area contributed by atoms with Crippen molar-refractivity contribution in [1.29, 1.82) is 5.41 Å². The molecule has 1 aliphatic heterocycles. The highest BCUT2D eigenvalue weighted by atomic mass is 32.2. The van der Waals surface area contributed by atoms with Crippen LogP contribution in [0.2, 0.25) is 0 Å². The zero-order valence-electron chi connectivity index (χ0n) is 17.1. The number of benzene rings is 2. The Kier molecular flexibility index (Phi) is 6.82. The van der Waals surface area contributed by atoms with Crippen LogP contribution in [-0.2, 0) is 19.6 Å². The van der Waals surface area contributed by atoms with E-state index in [9.17, 15) is 22.8 Å². The number of esters is 2. The van der Waals surface area contributed by atoms with Crippen LogP contribution in [0.3, 0.4) is 0 Å². The van der Waals surface area contributed by atoms with Crippen molar-refractivity contribution in [2.24, 2.45) is 5.73 Å². The van der Waals surface area contributed by atoms with Crippen LogP contribution in [-0.4, -0.2) is 38.1 Å². The summed E-state index contributed by atoms with van der Waals surface area (Å²) in [5.41, 5.74) is 6.78. The number of carbonyl (C=O) groups excluding carboxylic acids is 3. The summed E-state index contributed by atoms with van der Waals surface area (Å²) in [7, 11) is -3.94. The average Bonchev–Trinajstić information content (AvgIpc) is 3.09. The summed E-state index contributed by atoms with van der Waals surface area (Å²) in [5.74, 6) is -2.46. The van der Waals surface area contributed by atoms with Crippen LogP contribution in [0.4, 0.5) is 0 Å². The van der Waals surface area contributed by atoms with E-state index >= 15 is 0 Å². The first-order chi connectivity index (χ1) is 15.1. The minimum atomic E-state index is -3.94. The Bertz CT molecular complexity index is 1180. The maximum absolute atomic E-state index is 12.3. The fourth-order valence-corrected chi connectivity index (χ4v) is 4.32. The van der Waals surface area contributed by atoms with Crippen molar-refractivity contribution in [2.75, 3.05) is 0 Å². The standard InChI is InChI=1S/C21H22N4O6S/c1-2-16(22)19-14-9-8-12(10-15(14)20(27)24-19)21(28)31-18(26)11-17(23)25-32(29,30)13-6-4-3-5-7-13/h3-10,17,19,22,25H,2,11,23H2,1H3,(H,24,27)/t17-,19?/m0/s1. The van der Waals surface area contributed by atoms with Crippen LogP contribution in [0.1, 0.15) is 52.1 Å². The molecule has 0 aromatic heterocycles. The first kappa shape index (κ1) is 23.3. The Morgan fingerprint density at radius 2 is 1.91 bits per heavy atom. The second kappa shape index (κ2) is 9.39. The number of ether oxygens (including phenoxy) is 1. The SMILES string of the molecule is CCC(=N)C1NC(=O)c2cc(C(=O)OC(=O)C[C@@H](N)NS(=O)(=O)c3ccccc3)ccc21. The summed E-state index contributed by atoms with van der Waals surface area (Å²) in [6.45, 7) is 1.80. The first-order valence-corrected chi connectivity index (χ1v) is 11.2. The molecule has 2 aromatic carbocycles. The molecule has 1 heterocycles. The molecular formula is C21H22N4O6S. The number of nitrogens with one attached hydrogen (secondary N) is 3. The molecule has 32 heavy (non-hydrogen) atoms. The summed E-state index contributed by atoms with van der Waals surface area (Å²) in [6, 6.07) is 11.1. The topological polar surface area (TPSA) is 169 Å². The van der Waals surface area contributed by atoms with Crippen molar-refractivity contribution < 1.29 is 27.5 Å². The van der Waals surface area contributed by atoms with Gasteiger partial charge in [0.1, 0.15) is 0 Å². The van der Waals surface area contributed by atoms with E-state index in [4.69, 9.17) is 15.9 Å². The zero-order chi connectivity index (χ0) is 23.5. The molecule has 0 spiro atoms. The number of sulfonamides is 1. The van der Waals surface area contributed by atoms with Crippen molar-refractivity contribution in [1.82, 2.24) is 10.0 Å². The number of rotatable bonds is 8. The van der Waals surface area contributed by atoms with E-state index < -0.39 is 46.5 Å². The lowest BCUT2D eigenvalue weighted by Gasteiger charge is -2.13. The third-order valence-corrected chi connectivity index (χ3v) is 6.31. The van der Waals surface area contributed by atoms with E-state index in [1.165, 1.54) is 42.5 Å². The van der Waals surface area contributed by atoms with Gasteiger partial charge in [-0.15, -0.1) is 0 Å². The average molecular weight is 458 g/mol. The van der Waals surface area contributed by atoms with Crippen molar-refractivity contribution in [3.8, 4) is 0 Å². The predicted molar refractivity (Wildman–Crippen MR) is 114 cm³/mol. The van der Waals surface area contributed by atoms with Gasteiger partial charge in [-0.1, -0.05) is 31.2 Å². The zero-order valence-corrected chi connectivity index (χ0v) is 17.9. The van der Waals surface area contributed by atoms with Crippen LogP contribution < -0.4 is 15.8 Å². The highest BCUT2D eigenvalue weighted by molar-refractivity contribution is 7.89. The van der Waals surface area contributed by atoms with Gasteiger partial charge in [0.2, 0.25) is 10.0 Å². The number of hydrogen-bond donors (Lipinski definition) is 4. The quantitative estimate of drug-likeness (QED) is 0.200. The van der Waals surface area contributed by atoms with Crippen LogP contribution in [0.5, 0.6) is 0 Å². The minimum absolute atomic E-state index is 0.0224. The lowest BCUT2D eigenvalue weighted by molar-refractivity contribution is -0.138. The van der Waals surface area contributed by atoms with Gasteiger partial charge < -0.3 is 21.2 Å². The molecule has 0 radical (unpaired) electrons. The van der Waals surface area contributed by atoms with Gasteiger partial charge in [0.05, 0.1) is 29.1 Å². The summed E-state index contributed by atoms with van der Waals surface area (Å²) in [4.78, 5) is 36.6. The Balaban J connectivity index is 1.63. The van der Waals surface area contributed by atoms with Crippen molar-refractivity contribution in [3.05, 3.63) is 65.2 Å². The second-order valence-electron chi connectivity index (χ2n) is 7.09. The highest BCUT2D eigenvalue weighted by Crippen LogP contribution is 2.28. The summed E-state index contributed by atoms with van der Waals surface area (Å²) >= 11 is 0. The molecule has 10 nitrogen and oxygen atoms in total. The largest absolute Gasteiger partial charge is 0.389 e. The molecule has 0 bridgehead atoms. The van der Waals surface area contributed by atoms with Crippen LogP contribution in [0, 0.1) is 5.41 Å². The molecule has 2 aromatic rings. The molecule has 3 rings (SSSR count). The molecule has 2 atom stereocenters. The van der Waals surface area contributed by atoms with Crippen molar-refractivity contribution in [3.63, 3.8) is 0 Å². The Labute approximate surface area is 184 Å². The van der Waals surface area contributed by atoms with Gasteiger partial charge in [-0.2, -0.15) is 4.72 Å². The van der Waals surface area contributed by atoms with Gasteiger partial charge in [0.25, 0.3) is 5.91 Å². The third kappa shape index (κ3) is 5.07. The molecule has 168 valence electrons. The monoisotopic (exact) mass is 458 g/mol. The molecule has 1 unspecified atom stereocenters. The van der Waals surface area contributed by atoms with E-state index in [0.29, 0.717) is 17.7 Å². The second-order valence-corrected chi connectivity index (χ2v) is 8.81. The van der Waals surface area contributed by atoms with E-state index in [0.717, 1.165) is 0 Å². The normalized spacial score (nSPS) is 16.1. The van der Waals surface area contributed by atoms with Crippen LogP contribution >= 0.6 is 0 Å². The fraction of sp³-hybridized carbons (Fsp3) is 0.238. The smallest absolute Gasteiger partial charge is 0.345 e. The summed E-state index contributed by atoms with van der Waals surface area (Å²) < 4.78 is 31.4. The minimum Gasteiger partial charge on any atom is -0.389 e. The van der Waals surface area contributed by atoms with Gasteiger partial charge in [-0.3, -0.25) is 9.59 Å². The first-order valence-electron chi connectivity index (χ1n) is 9.72. The molecule has 0 saturated heterocycles. The highest BCUT2D eigenvalue weighted by Gasteiger charge is 2.32. The van der Waals surface area contributed by atoms with Gasteiger partial charge in [0.15, 0.2) is 0 Å². The summed E-state index contributed by atoms with van der Waals surface area (Å²) in [5, 5.41) is 10.6. The lowest BCUT2D eigenvalue weighted by atomic mass is 9.98. The molecule has 11 heteroatoms. The van der Waals surface area contributed by atoms with E-state index in [1.54, 1.807) is 13.0 Å². The summed E-state index contributed by atoms with van der Waals surface area (Å²) in [6.07, 6.45) is -1.44. The Morgan fingerprint density at radius 3 is 2.56 bits per heavy atom. The lowest BCUT2D eigenvalue weighted by Crippen LogP contribution is -2.43. The number of fused-ring (bicyclic) bond motifs is 1. The van der Waals surface area contributed by atoms with Gasteiger partial charge in [-0.25, -0.2) is 13.2 Å². The van der Waals surface area contributed by atoms with E-state index in [2.05, 4.69) is 10.0 Å². The van der Waals surface area contributed by atoms with E-state index in [-0.39, 0.29) is 16.0 Å². The van der Waals surface area contributed by atoms with Crippen molar-refractivity contribution >= 4 is 33.6 Å². The maximum atomic E-state index is 12.3. The number of amides is 1. The molecule has 0 aliphatic carbocycles. The fourth-order valence-electron chi connectivity index (χ4n) is 3.19. The molecular weight excluding hydrogens is 436 g/mol. The van der Waals surface area contributed by atoms with Gasteiger partial charge in [0, 0.05) is 11.3 Å². The van der Waals surface area contributed by atoms with Crippen LogP contribution in [0.25, 0.3) is 0 Å². The third-order valence-electron chi connectivity index (χ3n) is 4.80. The number of nitrogens with two attached hydrogens (primary N) is 1. The molecule has 5 N–H and O–H groups in total. The molecule has 1 aliphatic rings. The van der Waals surface area contributed by atoms with Gasteiger partial charge >= 0.3 is 11.9 Å². The Hall–Kier alpha value is -3.41. The molecule has 0 fully saturated rings. The Morgan fingerprint density at radius 1 is 1.22 bits per heavy atom. The van der Waals surface area contributed by atoms with Crippen LogP contribution in [0.15, 0.2) is 53.4 Å². The van der Waals surface area contributed by atoms with Gasteiger partial charge in [-0.05, 0) is 36.2 Å². The number of carbonyl (C=O) groups is 3. The molecule has 0 saturated carbocycles. The van der Waals surface area contributed by atoms with E-state index in [1.807, 2.05) is 0 Å². The molecule has 1 amide bonds. The number of hydrogen-bond acceptors (Lipinski definition) is 8.